The standard InChI is InChI=1S/C21H25NO4/c1-3-14-26-19-10-6-17(7-11-19)20(23)12-13-21(24)22-15-16-4-8-18(25-2)9-5-16/h4-11H,3,12-15H2,1-2H3,(H,22,24). The van der Waals surface area contributed by atoms with Gasteiger partial charge in [0, 0.05) is 24.9 Å². The Hall–Kier alpha value is -2.82. The molecule has 0 aliphatic rings. The van der Waals surface area contributed by atoms with Gasteiger partial charge in [-0.3, -0.25) is 9.59 Å². The van der Waals surface area contributed by atoms with Gasteiger partial charge >= 0.3 is 0 Å². The number of Topliss-reactive ketones (excluding diaryl/α,β-unsaturated/α-hetero) is 1. The fraction of sp³-hybridized carbons (Fsp3) is 0.333. The number of amides is 1. The number of benzene rings is 2. The highest BCUT2D eigenvalue weighted by molar-refractivity contribution is 5.98. The molecule has 0 heterocycles. The fourth-order valence-corrected chi connectivity index (χ4v) is 2.36. The molecule has 2 aromatic carbocycles. The van der Waals surface area contributed by atoms with Gasteiger partial charge in [0.25, 0.3) is 0 Å². The first-order valence-corrected chi connectivity index (χ1v) is 8.78. The van der Waals surface area contributed by atoms with Crippen LogP contribution in [-0.4, -0.2) is 25.4 Å². The summed E-state index contributed by atoms with van der Waals surface area (Å²) >= 11 is 0. The molecule has 0 bridgehead atoms. The first-order valence-electron chi connectivity index (χ1n) is 8.78. The highest BCUT2D eigenvalue weighted by atomic mass is 16.5. The Balaban J connectivity index is 1.74. The minimum atomic E-state index is -0.142. The van der Waals surface area contributed by atoms with Crippen LogP contribution in [0.25, 0.3) is 0 Å². The van der Waals surface area contributed by atoms with Crippen molar-refractivity contribution in [2.24, 2.45) is 0 Å². The van der Waals surface area contributed by atoms with Crippen molar-refractivity contribution in [2.45, 2.75) is 32.7 Å². The Labute approximate surface area is 154 Å². The van der Waals surface area contributed by atoms with Gasteiger partial charge in [-0.2, -0.15) is 0 Å². The zero-order chi connectivity index (χ0) is 18.8. The molecule has 5 heteroatoms. The van der Waals surface area contributed by atoms with E-state index in [2.05, 4.69) is 5.32 Å². The molecule has 0 aromatic heterocycles. The molecule has 1 N–H and O–H groups in total. The number of methoxy groups -OCH3 is 1. The second-order valence-corrected chi connectivity index (χ2v) is 5.92. The largest absolute Gasteiger partial charge is 0.497 e. The van der Waals surface area contributed by atoms with E-state index >= 15 is 0 Å². The van der Waals surface area contributed by atoms with Gasteiger partial charge in [0.15, 0.2) is 5.78 Å². The first-order chi connectivity index (χ1) is 12.6. The van der Waals surface area contributed by atoms with E-state index in [-0.39, 0.29) is 24.5 Å². The summed E-state index contributed by atoms with van der Waals surface area (Å²) in [6, 6.07) is 14.5. The first kappa shape index (κ1) is 19.5. The lowest BCUT2D eigenvalue weighted by Crippen LogP contribution is -2.23. The Kier molecular flexibility index (Phi) is 7.68. The van der Waals surface area contributed by atoms with Crippen LogP contribution in [0.2, 0.25) is 0 Å². The van der Waals surface area contributed by atoms with Crippen molar-refractivity contribution < 1.29 is 19.1 Å². The Morgan fingerprint density at radius 1 is 0.923 bits per heavy atom. The van der Waals surface area contributed by atoms with Crippen molar-refractivity contribution in [1.82, 2.24) is 5.32 Å². The number of ether oxygens (including phenoxy) is 2. The van der Waals surface area contributed by atoms with Gasteiger partial charge in [-0.25, -0.2) is 0 Å². The van der Waals surface area contributed by atoms with Gasteiger partial charge in [-0.05, 0) is 48.4 Å². The second kappa shape index (κ2) is 10.2. The van der Waals surface area contributed by atoms with Crippen molar-refractivity contribution >= 4 is 11.7 Å². The van der Waals surface area contributed by atoms with Gasteiger partial charge in [-0.1, -0.05) is 19.1 Å². The third-order valence-electron chi connectivity index (χ3n) is 3.88. The summed E-state index contributed by atoms with van der Waals surface area (Å²) in [6.07, 6.45) is 1.29. The topological polar surface area (TPSA) is 64.6 Å². The summed E-state index contributed by atoms with van der Waals surface area (Å²) in [6.45, 7) is 3.12. The van der Waals surface area contributed by atoms with Crippen LogP contribution in [0.1, 0.15) is 42.1 Å². The third-order valence-corrected chi connectivity index (χ3v) is 3.88. The number of carbonyl (C=O) groups is 2. The molecule has 0 saturated carbocycles. The molecule has 26 heavy (non-hydrogen) atoms. The molecule has 0 spiro atoms. The fourth-order valence-electron chi connectivity index (χ4n) is 2.36. The van der Waals surface area contributed by atoms with Gasteiger partial charge < -0.3 is 14.8 Å². The lowest BCUT2D eigenvalue weighted by Gasteiger charge is -2.07. The molecule has 0 atom stereocenters. The molecule has 0 unspecified atom stereocenters. The summed E-state index contributed by atoms with van der Waals surface area (Å²) < 4.78 is 10.6. The monoisotopic (exact) mass is 355 g/mol. The molecule has 2 rings (SSSR count). The smallest absolute Gasteiger partial charge is 0.220 e. The Morgan fingerprint density at radius 2 is 1.58 bits per heavy atom. The molecule has 5 nitrogen and oxygen atoms in total. The molecule has 0 saturated heterocycles. The summed E-state index contributed by atoms with van der Waals surface area (Å²) in [5, 5.41) is 2.82. The normalized spacial score (nSPS) is 10.2. The van der Waals surface area contributed by atoms with E-state index < -0.39 is 0 Å². The van der Waals surface area contributed by atoms with Crippen LogP contribution in [0.15, 0.2) is 48.5 Å². The number of hydrogen-bond donors (Lipinski definition) is 1. The molecule has 1 amide bonds. The van der Waals surface area contributed by atoms with Crippen molar-refractivity contribution in [2.75, 3.05) is 13.7 Å². The molecular formula is C21H25NO4. The molecule has 0 aliphatic heterocycles. The van der Waals surface area contributed by atoms with Crippen LogP contribution in [-0.2, 0) is 11.3 Å². The number of rotatable bonds is 10. The van der Waals surface area contributed by atoms with Gasteiger partial charge in [0.1, 0.15) is 11.5 Å². The van der Waals surface area contributed by atoms with E-state index in [1.807, 2.05) is 31.2 Å². The van der Waals surface area contributed by atoms with Crippen LogP contribution in [0.4, 0.5) is 0 Å². The van der Waals surface area contributed by atoms with Crippen molar-refractivity contribution in [3.05, 3.63) is 59.7 Å². The maximum absolute atomic E-state index is 12.2. The van der Waals surface area contributed by atoms with Crippen molar-refractivity contribution in [1.29, 1.82) is 0 Å². The molecule has 2 aromatic rings. The highest BCUT2D eigenvalue weighted by Crippen LogP contribution is 2.14. The minimum absolute atomic E-state index is 0.0494. The summed E-state index contributed by atoms with van der Waals surface area (Å²) in [4.78, 5) is 24.1. The Bertz CT molecular complexity index is 708. The zero-order valence-corrected chi connectivity index (χ0v) is 15.3. The summed E-state index contributed by atoms with van der Waals surface area (Å²) in [7, 11) is 1.61. The SMILES string of the molecule is CCCOc1ccc(C(=O)CCC(=O)NCc2ccc(OC)cc2)cc1. The van der Waals surface area contributed by atoms with E-state index in [1.165, 1.54) is 0 Å². The van der Waals surface area contributed by atoms with Crippen LogP contribution in [0.3, 0.4) is 0 Å². The number of carbonyl (C=O) groups excluding carboxylic acids is 2. The van der Waals surface area contributed by atoms with Crippen LogP contribution < -0.4 is 14.8 Å². The van der Waals surface area contributed by atoms with E-state index in [0.717, 1.165) is 23.5 Å². The van der Waals surface area contributed by atoms with Crippen molar-refractivity contribution in [3.63, 3.8) is 0 Å². The van der Waals surface area contributed by atoms with Gasteiger partial charge in [-0.15, -0.1) is 0 Å². The summed E-state index contributed by atoms with van der Waals surface area (Å²) in [5.74, 6) is 1.33. The quantitative estimate of drug-likeness (QED) is 0.659. The summed E-state index contributed by atoms with van der Waals surface area (Å²) in [5.41, 5.74) is 1.57. The number of nitrogens with one attached hydrogen (secondary N) is 1. The average molecular weight is 355 g/mol. The number of ketones is 1. The molecule has 0 fully saturated rings. The third kappa shape index (κ3) is 6.24. The van der Waals surface area contributed by atoms with E-state index in [4.69, 9.17) is 9.47 Å². The molecule has 0 radical (unpaired) electrons. The van der Waals surface area contributed by atoms with E-state index in [0.29, 0.717) is 18.7 Å². The van der Waals surface area contributed by atoms with Crippen LogP contribution in [0, 0.1) is 0 Å². The number of hydrogen-bond acceptors (Lipinski definition) is 4. The van der Waals surface area contributed by atoms with E-state index in [9.17, 15) is 9.59 Å². The van der Waals surface area contributed by atoms with E-state index in [1.54, 1.807) is 31.4 Å². The maximum atomic E-state index is 12.2. The minimum Gasteiger partial charge on any atom is -0.497 e. The average Bonchev–Trinajstić information content (AvgIpc) is 2.69. The predicted octanol–water partition coefficient (Wildman–Crippen LogP) is 3.76. The van der Waals surface area contributed by atoms with Crippen molar-refractivity contribution in [3.8, 4) is 11.5 Å². The molecule has 138 valence electrons. The maximum Gasteiger partial charge on any atom is 0.220 e. The lowest BCUT2D eigenvalue weighted by atomic mass is 10.1. The Morgan fingerprint density at radius 3 is 2.19 bits per heavy atom. The molecule has 0 aliphatic carbocycles. The van der Waals surface area contributed by atoms with Crippen LogP contribution in [0.5, 0.6) is 11.5 Å². The highest BCUT2D eigenvalue weighted by Gasteiger charge is 2.09. The zero-order valence-electron chi connectivity index (χ0n) is 15.3. The van der Waals surface area contributed by atoms with Crippen LogP contribution >= 0.6 is 0 Å². The molecular weight excluding hydrogens is 330 g/mol. The lowest BCUT2D eigenvalue weighted by molar-refractivity contribution is -0.121. The predicted molar refractivity (Wildman–Crippen MR) is 101 cm³/mol. The van der Waals surface area contributed by atoms with Gasteiger partial charge in [0.05, 0.1) is 13.7 Å². The van der Waals surface area contributed by atoms with Gasteiger partial charge in [0.2, 0.25) is 5.91 Å². The second-order valence-electron chi connectivity index (χ2n) is 5.92.